The topological polar surface area (TPSA) is 82.0 Å². The number of hydrogen-bond acceptors (Lipinski definition) is 4. The molecule has 1 unspecified atom stereocenters. The molecule has 2 rings (SSSR count). The minimum absolute atomic E-state index is 0. The van der Waals surface area contributed by atoms with Crippen LogP contribution < -0.4 is 10.0 Å². The molecule has 5 nitrogen and oxygen atoms in total. The molecule has 0 radical (unpaired) electrons. The number of nitrogens with one attached hydrogen (secondary N) is 2. The zero-order valence-electron chi connectivity index (χ0n) is 12.6. The molecule has 0 amide bonds. The summed E-state index contributed by atoms with van der Waals surface area (Å²) in [5.74, 6) is 0.535. The molecule has 22 heavy (non-hydrogen) atoms. The van der Waals surface area contributed by atoms with Crippen molar-refractivity contribution in [2.75, 3.05) is 19.6 Å². The van der Waals surface area contributed by atoms with E-state index < -0.39 is 10.0 Å². The molecular formula is C15H22ClN3O2S. The summed E-state index contributed by atoms with van der Waals surface area (Å²) in [6.07, 6.45) is 3.14. The first kappa shape index (κ1) is 18.9. The number of nitriles is 1. The van der Waals surface area contributed by atoms with Crippen molar-refractivity contribution in [1.29, 1.82) is 5.26 Å². The molecule has 122 valence electrons. The predicted octanol–water partition coefficient (Wildman–Crippen LogP) is 1.96. The van der Waals surface area contributed by atoms with Crippen molar-refractivity contribution in [2.24, 2.45) is 5.92 Å². The molecular weight excluding hydrogens is 322 g/mol. The molecule has 0 aromatic heterocycles. The van der Waals surface area contributed by atoms with Gasteiger partial charge in [-0.15, -0.1) is 12.4 Å². The van der Waals surface area contributed by atoms with Crippen LogP contribution in [0.15, 0.2) is 23.1 Å². The molecule has 0 aliphatic carbocycles. The van der Waals surface area contributed by atoms with E-state index in [1.165, 1.54) is 6.07 Å². The van der Waals surface area contributed by atoms with Gasteiger partial charge in [-0.25, -0.2) is 13.1 Å². The molecule has 1 aromatic carbocycles. The van der Waals surface area contributed by atoms with Gasteiger partial charge in [-0.3, -0.25) is 0 Å². The lowest BCUT2D eigenvalue weighted by Crippen LogP contribution is -2.33. The van der Waals surface area contributed by atoms with E-state index in [2.05, 4.69) is 10.0 Å². The zero-order valence-corrected chi connectivity index (χ0v) is 14.3. The van der Waals surface area contributed by atoms with Crippen LogP contribution in [0.1, 0.15) is 30.4 Å². The molecule has 0 spiro atoms. The van der Waals surface area contributed by atoms with Crippen LogP contribution in [0.2, 0.25) is 0 Å². The van der Waals surface area contributed by atoms with Gasteiger partial charge in [0.15, 0.2) is 0 Å². The Morgan fingerprint density at radius 2 is 2.23 bits per heavy atom. The molecule has 2 N–H and O–H groups in total. The number of halogens is 1. The molecule has 0 bridgehead atoms. The van der Waals surface area contributed by atoms with Gasteiger partial charge in [0, 0.05) is 6.54 Å². The highest BCUT2D eigenvalue weighted by Crippen LogP contribution is 2.18. The SMILES string of the molecule is Cc1ccc(C#N)cc1S(=O)(=O)NCCC1CCCNC1.Cl. The summed E-state index contributed by atoms with van der Waals surface area (Å²) in [7, 11) is -3.55. The Labute approximate surface area is 138 Å². The Morgan fingerprint density at radius 3 is 2.86 bits per heavy atom. The molecule has 1 heterocycles. The van der Waals surface area contributed by atoms with Gasteiger partial charge >= 0.3 is 0 Å². The maximum Gasteiger partial charge on any atom is 0.240 e. The molecule has 1 saturated heterocycles. The molecule has 1 aliphatic heterocycles. The number of benzene rings is 1. The minimum atomic E-state index is -3.55. The second-order valence-electron chi connectivity index (χ2n) is 5.49. The summed E-state index contributed by atoms with van der Waals surface area (Å²) < 4.78 is 27.3. The van der Waals surface area contributed by atoms with E-state index in [0.29, 0.717) is 23.6 Å². The molecule has 1 aromatic rings. The number of sulfonamides is 1. The number of piperidine rings is 1. The maximum atomic E-state index is 12.3. The Kier molecular flexibility index (Phi) is 7.30. The van der Waals surface area contributed by atoms with Crippen molar-refractivity contribution in [3.8, 4) is 6.07 Å². The van der Waals surface area contributed by atoms with Gasteiger partial charge < -0.3 is 5.32 Å². The summed E-state index contributed by atoms with van der Waals surface area (Å²) >= 11 is 0. The average molecular weight is 344 g/mol. The smallest absolute Gasteiger partial charge is 0.240 e. The van der Waals surface area contributed by atoms with E-state index in [9.17, 15) is 8.42 Å². The summed E-state index contributed by atoms with van der Waals surface area (Å²) in [6, 6.07) is 6.70. The second-order valence-corrected chi connectivity index (χ2v) is 7.23. The van der Waals surface area contributed by atoms with Gasteiger partial charge in [-0.2, -0.15) is 5.26 Å². The fourth-order valence-electron chi connectivity index (χ4n) is 2.60. The summed E-state index contributed by atoms with van der Waals surface area (Å²) in [5, 5.41) is 12.2. The largest absolute Gasteiger partial charge is 0.316 e. The molecule has 7 heteroatoms. The van der Waals surface area contributed by atoms with Gasteiger partial charge in [0.25, 0.3) is 0 Å². The standard InChI is InChI=1S/C15H21N3O2S.ClH/c1-12-4-5-14(10-16)9-15(12)21(19,20)18-8-6-13-3-2-7-17-11-13;/h4-5,9,13,17-18H,2-3,6-8,11H2,1H3;1H. The van der Waals surface area contributed by atoms with Crippen LogP contribution in [0.4, 0.5) is 0 Å². The van der Waals surface area contributed by atoms with E-state index in [1.54, 1.807) is 19.1 Å². The Morgan fingerprint density at radius 1 is 1.45 bits per heavy atom. The molecule has 1 atom stereocenters. The van der Waals surface area contributed by atoms with Crippen LogP contribution in [0.5, 0.6) is 0 Å². The lowest BCUT2D eigenvalue weighted by atomic mass is 9.96. The van der Waals surface area contributed by atoms with Crippen molar-refractivity contribution in [3.05, 3.63) is 29.3 Å². The Balaban J connectivity index is 0.00000242. The average Bonchev–Trinajstić information content (AvgIpc) is 2.48. The number of aryl methyl sites for hydroxylation is 1. The zero-order chi connectivity index (χ0) is 15.3. The highest BCUT2D eigenvalue weighted by molar-refractivity contribution is 7.89. The van der Waals surface area contributed by atoms with E-state index >= 15 is 0 Å². The Hall–Kier alpha value is -1.13. The first-order chi connectivity index (χ1) is 10.0. The maximum absolute atomic E-state index is 12.3. The van der Waals surface area contributed by atoms with Crippen LogP contribution in [0.25, 0.3) is 0 Å². The van der Waals surface area contributed by atoms with Crippen molar-refractivity contribution < 1.29 is 8.42 Å². The van der Waals surface area contributed by atoms with Crippen LogP contribution >= 0.6 is 12.4 Å². The predicted molar refractivity (Wildman–Crippen MR) is 88.5 cm³/mol. The summed E-state index contributed by atoms with van der Waals surface area (Å²) in [6.45, 7) is 4.19. The summed E-state index contributed by atoms with van der Waals surface area (Å²) in [4.78, 5) is 0.198. The third-order valence-electron chi connectivity index (χ3n) is 3.85. The number of hydrogen-bond donors (Lipinski definition) is 2. The van der Waals surface area contributed by atoms with Crippen LogP contribution in [0, 0.1) is 24.2 Å². The van der Waals surface area contributed by atoms with Crippen LogP contribution in [0.3, 0.4) is 0 Å². The Bertz CT molecular complexity index is 635. The van der Waals surface area contributed by atoms with Crippen molar-refractivity contribution >= 4 is 22.4 Å². The van der Waals surface area contributed by atoms with E-state index in [4.69, 9.17) is 5.26 Å². The lowest BCUT2D eigenvalue weighted by molar-refractivity contribution is 0.358. The van der Waals surface area contributed by atoms with Crippen molar-refractivity contribution in [1.82, 2.24) is 10.0 Å². The highest BCUT2D eigenvalue weighted by atomic mass is 35.5. The third-order valence-corrected chi connectivity index (χ3v) is 5.45. The van der Waals surface area contributed by atoms with Gasteiger partial charge in [-0.05, 0) is 62.9 Å². The van der Waals surface area contributed by atoms with Gasteiger partial charge in [0.05, 0.1) is 16.5 Å². The highest BCUT2D eigenvalue weighted by Gasteiger charge is 2.18. The number of rotatable bonds is 5. The molecule has 1 aliphatic rings. The fourth-order valence-corrected chi connectivity index (χ4v) is 3.92. The van der Waals surface area contributed by atoms with Gasteiger partial charge in [0.2, 0.25) is 10.0 Å². The first-order valence-corrected chi connectivity index (χ1v) is 8.72. The van der Waals surface area contributed by atoms with Crippen LogP contribution in [-0.4, -0.2) is 28.1 Å². The van der Waals surface area contributed by atoms with E-state index in [0.717, 1.165) is 32.4 Å². The third kappa shape index (κ3) is 4.96. The minimum Gasteiger partial charge on any atom is -0.316 e. The summed E-state index contributed by atoms with van der Waals surface area (Å²) in [5.41, 5.74) is 1.01. The monoisotopic (exact) mass is 343 g/mol. The quantitative estimate of drug-likeness (QED) is 0.856. The van der Waals surface area contributed by atoms with Gasteiger partial charge in [0.1, 0.15) is 0 Å². The van der Waals surface area contributed by atoms with Crippen LogP contribution in [-0.2, 0) is 10.0 Å². The van der Waals surface area contributed by atoms with Gasteiger partial charge in [-0.1, -0.05) is 6.07 Å². The lowest BCUT2D eigenvalue weighted by Gasteiger charge is -2.22. The van der Waals surface area contributed by atoms with E-state index in [-0.39, 0.29) is 17.3 Å². The molecule has 0 saturated carbocycles. The van der Waals surface area contributed by atoms with Crippen molar-refractivity contribution in [2.45, 2.75) is 31.1 Å². The second kappa shape index (κ2) is 8.49. The number of nitrogens with zero attached hydrogens (tertiary/aromatic N) is 1. The fraction of sp³-hybridized carbons (Fsp3) is 0.533. The van der Waals surface area contributed by atoms with E-state index in [1.807, 2.05) is 6.07 Å². The van der Waals surface area contributed by atoms with Crippen molar-refractivity contribution in [3.63, 3.8) is 0 Å². The normalized spacial score (nSPS) is 18.3. The molecule has 1 fully saturated rings. The first-order valence-electron chi connectivity index (χ1n) is 7.24.